The van der Waals surface area contributed by atoms with Gasteiger partial charge in [-0.2, -0.15) is 0 Å². The van der Waals surface area contributed by atoms with Crippen LogP contribution in [0.5, 0.6) is 0 Å². The highest BCUT2D eigenvalue weighted by molar-refractivity contribution is 5.66. The maximum Gasteiger partial charge on any atom is 0.0343 e. The Labute approximate surface area is 96.8 Å². The second-order valence-corrected chi connectivity index (χ2v) is 5.03. The van der Waals surface area contributed by atoms with E-state index in [1.54, 1.807) is 0 Å². The lowest BCUT2D eigenvalue weighted by Crippen LogP contribution is -2.29. The van der Waals surface area contributed by atoms with Gasteiger partial charge in [-0.3, -0.25) is 4.98 Å². The number of pyridine rings is 1. The molecule has 16 heavy (non-hydrogen) atoms. The summed E-state index contributed by atoms with van der Waals surface area (Å²) < 4.78 is 0. The first kappa shape index (κ1) is 10.0. The molecule has 2 nitrogen and oxygen atoms in total. The predicted octanol–water partition coefficient (Wildman–Crippen LogP) is 2.55. The van der Waals surface area contributed by atoms with Crippen molar-refractivity contribution in [2.24, 2.45) is 5.92 Å². The smallest absolute Gasteiger partial charge is 0.0343 e. The molecular weight excluding hydrogens is 196 g/mol. The fraction of sp³-hybridized carbons (Fsp3) is 0.500. The third-order valence-electron chi connectivity index (χ3n) is 3.84. The van der Waals surface area contributed by atoms with Crippen LogP contribution in [0.4, 0.5) is 0 Å². The van der Waals surface area contributed by atoms with Gasteiger partial charge in [0.05, 0.1) is 0 Å². The Morgan fingerprint density at radius 2 is 2.31 bits per heavy atom. The second kappa shape index (κ2) is 4.02. The molecule has 3 rings (SSSR count). The van der Waals surface area contributed by atoms with Crippen LogP contribution in [-0.4, -0.2) is 17.6 Å². The van der Waals surface area contributed by atoms with Gasteiger partial charge in [0, 0.05) is 18.4 Å². The molecule has 0 unspecified atom stereocenters. The summed E-state index contributed by atoms with van der Waals surface area (Å²) in [5.41, 5.74) is 4.04. The molecular formula is C14H18N2. The van der Waals surface area contributed by atoms with E-state index in [1.165, 1.54) is 42.5 Å². The van der Waals surface area contributed by atoms with Gasteiger partial charge in [0.1, 0.15) is 0 Å². The zero-order valence-electron chi connectivity index (χ0n) is 9.74. The fourth-order valence-electron chi connectivity index (χ4n) is 2.92. The van der Waals surface area contributed by atoms with Crippen LogP contribution in [-0.2, 0) is 0 Å². The molecule has 0 radical (unpaired) electrons. The summed E-state index contributed by atoms with van der Waals surface area (Å²) in [5, 5.41) is 3.61. The average Bonchev–Trinajstić information content (AvgIpc) is 2.75. The van der Waals surface area contributed by atoms with Crippen LogP contribution in [0, 0.1) is 12.8 Å². The van der Waals surface area contributed by atoms with E-state index < -0.39 is 0 Å². The van der Waals surface area contributed by atoms with Crippen molar-refractivity contribution in [2.75, 3.05) is 6.54 Å². The lowest BCUT2D eigenvalue weighted by molar-refractivity contribution is 0.445. The number of nitrogens with zero attached hydrogens (tertiary/aromatic N) is 1. The zero-order valence-corrected chi connectivity index (χ0v) is 9.74. The van der Waals surface area contributed by atoms with Gasteiger partial charge in [0.15, 0.2) is 0 Å². The van der Waals surface area contributed by atoms with E-state index in [1.807, 2.05) is 12.4 Å². The number of allylic oxidation sites excluding steroid dienone is 1. The minimum atomic E-state index is 0.709. The first-order valence-electron chi connectivity index (χ1n) is 6.17. The molecule has 0 bridgehead atoms. The molecule has 1 aliphatic carbocycles. The Hall–Kier alpha value is -1.15. The summed E-state index contributed by atoms with van der Waals surface area (Å²) in [6.45, 7) is 3.30. The molecule has 2 heterocycles. The standard InChI is InChI=1S/C14H18N2/c1-10-6-13(9-15-8-10)12-3-2-11-4-5-16-14(11)7-12/h3,6,8-9,11,14,16H,2,4-5,7H2,1H3/t11-,14-/m1/s1. The molecule has 1 aromatic heterocycles. The molecule has 0 aromatic carbocycles. The van der Waals surface area contributed by atoms with Crippen LogP contribution >= 0.6 is 0 Å². The van der Waals surface area contributed by atoms with E-state index in [4.69, 9.17) is 0 Å². The van der Waals surface area contributed by atoms with Gasteiger partial charge in [0.25, 0.3) is 0 Å². The monoisotopic (exact) mass is 214 g/mol. The molecule has 1 aromatic rings. The summed E-state index contributed by atoms with van der Waals surface area (Å²) in [4.78, 5) is 4.28. The summed E-state index contributed by atoms with van der Waals surface area (Å²) >= 11 is 0. The minimum Gasteiger partial charge on any atom is -0.313 e. The molecule has 0 spiro atoms. The molecule has 0 saturated carbocycles. The van der Waals surface area contributed by atoms with Crippen molar-refractivity contribution in [3.63, 3.8) is 0 Å². The maximum absolute atomic E-state index is 4.28. The third kappa shape index (κ3) is 1.78. The van der Waals surface area contributed by atoms with E-state index in [2.05, 4.69) is 29.4 Å². The topological polar surface area (TPSA) is 24.9 Å². The number of nitrogens with one attached hydrogen (secondary N) is 1. The number of aromatic nitrogens is 1. The van der Waals surface area contributed by atoms with Crippen molar-refractivity contribution in [2.45, 2.75) is 32.2 Å². The van der Waals surface area contributed by atoms with Crippen molar-refractivity contribution in [1.82, 2.24) is 10.3 Å². The van der Waals surface area contributed by atoms with Crippen LogP contribution < -0.4 is 5.32 Å². The van der Waals surface area contributed by atoms with Crippen molar-refractivity contribution in [1.29, 1.82) is 0 Å². The van der Waals surface area contributed by atoms with Gasteiger partial charge in [-0.1, -0.05) is 6.08 Å². The molecule has 2 heteroatoms. The highest BCUT2D eigenvalue weighted by atomic mass is 15.0. The minimum absolute atomic E-state index is 0.709. The van der Waals surface area contributed by atoms with Crippen LogP contribution in [0.25, 0.3) is 5.57 Å². The second-order valence-electron chi connectivity index (χ2n) is 5.03. The Morgan fingerprint density at radius 1 is 1.38 bits per heavy atom. The zero-order chi connectivity index (χ0) is 11.0. The summed E-state index contributed by atoms with van der Waals surface area (Å²) in [6, 6.07) is 2.95. The van der Waals surface area contributed by atoms with Gasteiger partial charge in [0.2, 0.25) is 0 Å². The molecule has 84 valence electrons. The number of hydrogen-bond donors (Lipinski definition) is 1. The lowest BCUT2D eigenvalue weighted by atomic mass is 9.83. The van der Waals surface area contributed by atoms with Crippen molar-refractivity contribution >= 4 is 5.57 Å². The summed E-state index contributed by atoms with van der Waals surface area (Å²) in [5.74, 6) is 0.876. The van der Waals surface area contributed by atoms with Gasteiger partial charge in [-0.05, 0) is 61.4 Å². The molecule has 2 atom stereocenters. The van der Waals surface area contributed by atoms with Crippen LogP contribution in [0.15, 0.2) is 24.5 Å². The SMILES string of the molecule is Cc1cncc(C2=CC[C@@H]3CCN[C@@H]3C2)c1. The molecule has 0 amide bonds. The Morgan fingerprint density at radius 3 is 3.19 bits per heavy atom. The fourth-order valence-corrected chi connectivity index (χ4v) is 2.92. The van der Waals surface area contributed by atoms with Crippen LogP contribution in [0.1, 0.15) is 30.4 Å². The van der Waals surface area contributed by atoms with Gasteiger partial charge < -0.3 is 5.32 Å². The molecule has 1 aliphatic heterocycles. The largest absolute Gasteiger partial charge is 0.313 e. The maximum atomic E-state index is 4.28. The highest BCUT2D eigenvalue weighted by Gasteiger charge is 2.29. The quantitative estimate of drug-likeness (QED) is 0.777. The number of aryl methyl sites for hydroxylation is 1. The normalized spacial score (nSPS) is 28.7. The first-order valence-corrected chi connectivity index (χ1v) is 6.17. The molecule has 1 N–H and O–H groups in total. The van der Waals surface area contributed by atoms with E-state index in [0.717, 1.165) is 5.92 Å². The van der Waals surface area contributed by atoms with Gasteiger partial charge in [-0.25, -0.2) is 0 Å². The van der Waals surface area contributed by atoms with E-state index in [9.17, 15) is 0 Å². The van der Waals surface area contributed by atoms with Crippen molar-refractivity contribution in [3.05, 3.63) is 35.7 Å². The number of hydrogen-bond acceptors (Lipinski definition) is 2. The summed E-state index contributed by atoms with van der Waals surface area (Å²) in [7, 11) is 0. The summed E-state index contributed by atoms with van der Waals surface area (Å²) in [6.07, 6.45) is 10.1. The van der Waals surface area contributed by atoms with E-state index >= 15 is 0 Å². The van der Waals surface area contributed by atoms with E-state index in [0.29, 0.717) is 6.04 Å². The highest BCUT2D eigenvalue weighted by Crippen LogP contribution is 2.34. The number of rotatable bonds is 1. The number of fused-ring (bicyclic) bond motifs is 1. The van der Waals surface area contributed by atoms with E-state index in [-0.39, 0.29) is 0 Å². The Bertz CT molecular complexity index is 422. The van der Waals surface area contributed by atoms with Crippen molar-refractivity contribution < 1.29 is 0 Å². The van der Waals surface area contributed by atoms with Crippen molar-refractivity contribution in [3.8, 4) is 0 Å². The van der Waals surface area contributed by atoms with Crippen LogP contribution in [0.2, 0.25) is 0 Å². The Balaban J connectivity index is 1.85. The van der Waals surface area contributed by atoms with Gasteiger partial charge in [-0.15, -0.1) is 0 Å². The molecule has 2 aliphatic rings. The first-order chi connectivity index (χ1) is 7.83. The Kier molecular flexibility index (Phi) is 2.52. The molecule has 1 saturated heterocycles. The van der Waals surface area contributed by atoms with Gasteiger partial charge >= 0.3 is 0 Å². The average molecular weight is 214 g/mol. The van der Waals surface area contributed by atoms with Crippen LogP contribution in [0.3, 0.4) is 0 Å². The molecule has 1 fully saturated rings. The lowest BCUT2D eigenvalue weighted by Gasteiger charge is -2.25. The third-order valence-corrected chi connectivity index (χ3v) is 3.84. The predicted molar refractivity (Wildman–Crippen MR) is 66.1 cm³/mol.